The molecule has 3 heterocycles. The lowest BCUT2D eigenvalue weighted by Gasteiger charge is -2.49. The van der Waals surface area contributed by atoms with Crippen molar-refractivity contribution < 1.29 is 39.2 Å². The maximum atomic E-state index is 13.6. The van der Waals surface area contributed by atoms with E-state index in [2.05, 4.69) is 26.2 Å². The number of thioether (sulfide) groups is 2. The summed E-state index contributed by atoms with van der Waals surface area (Å²) < 4.78 is 1.41. The van der Waals surface area contributed by atoms with Crippen LogP contribution >= 0.6 is 23.5 Å². The molecule has 46 heavy (non-hydrogen) atoms. The van der Waals surface area contributed by atoms with E-state index in [0.29, 0.717) is 22.9 Å². The number of nitrogens with zero attached hydrogens (tertiary/aromatic N) is 7. The fourth-order valence-corrected chi connectivity index (χ4v) is 7.04. The molecular formula is C25H21N9O10S2. The van der Waals surface area contributed by atoms with Crippen molar-refractivity contribution in [1.29, 1.82) is 0 Å². The number of hydrogen-bond acceptors (Lipinski definition) is 14. The first-order valence-corrected chi connectivity index (χ1v) is 15.0. The number of β-lactam (4-membered cyclic amide) rings is 1. The van der Waals surface area contributed by atoms with Crippen molar-refractivity contribution in [3.63, 3.8) is 0 Å². The molecule has 0 aliphatic carbocycles. The van der Waals surface area contributed by atoms with Crippen molar-refractivity contribution in [2.24, 2.45) is 7.05 Å². The average molecular weight is 672 g/mol. The van der Waals surface area contributed by atoms with Gasteiger partial charge in [0.05, 0.1) is 21.5 Å². The van der Waals surface area contributed by atoms with Gasteiger partial charge >= 0.3 is 11.7 Å². The number of non-ortho nitro benzene ring substituents is 1. The van der Waals surface area contributed by atoms with Crippen LogP contribution in [0.15, 0.2) is 58.9 Å². The lowest BCUT2D eigenvalue weighted by molar-refractivity contribution is -0.394. The highest BCUT2D eigenvalue weighted by Gasteiger charge is 2.54. The third kappa shape index (κ3) is 6.04. The summed E-state index contributed by atoms with van der Waals surface area (Å²) in [5, 5.41) is 58.6. The van der Waals surface area contributed by atoms with Crippen molar-refractivity contribution in [2.45, 2.75) is 22.6 Å². The number of amides is 3. The number of aromatic nitrogens is 4. The second-order valence-electron chi connectivity index (χ2n) is 9.72. The minimum atomic E-state index is -1.54. The summed E-state index contributed by atoms with van der Waals surface area (Å²) in [6.07, 6.45) is 0. The van der Waals surface area contributed by atoms with Gasteiger partial charge in [0.15, 0.2) is 0 Å². The van der Waals surface area contributed by atoms with Gasteiger partial charge in [-0.05, 0) is 21.6 Å². The fourth-order valence-electron chi connectivity index (χ4n) is 4.70. The summed E-state index contributed by atoms with van der Waals surface area (Å²) in [6, 6.07) is 6.04. The van der Waals surface area contributed by atoms with E-state index in [0.717, 1.165) is 4.90 Å². The standard InChI is InChI=1S/C25H21N9O10S2/c1-31-25(28-29-30-31)46-10-12-9-45-23-17(22(38)32(23)18(12)24(39)40)27-21(37)16(11-5-3-2-4-6-11)26-20(36)14-7-13(33(41)42)8-15(19(14)35)34(43)44/h2-8,16-17,23,35H,9-10H2,1H3,(H,26,36)(H,27,37)(H,39,40)/t16-,17?,23-/m0/s1. The molecule has 2 aliphatic heterocycles. The van der Waals surface area contributed by atoms with Gasteiger partial charge in [-0.1, -0.05) is 42.1 Å². The number of nitro benzene ring substituents is 2. The lowest BCUT2D eigenvalue weighted by Crippen LogP contribution is -2.71. The molecule has 1 fully saturated rings. The highest BCUT2D eigenvalue weighted by molar-refractivity contribution is 8.01. The Morgan fingerprint density at radius 3 is 2.50 bits per heavy atom. The molecule has 1 unspecified atom stereocenters. The highest BCUT2D eigenvalue weighted by atomic mass is 32.2. The Morgan fingerprint density at radius 2 is 1.89 bits per heavy atom. The number of phenols is 1. The van der Waals surface area contributed by atoms with Crippen LogP contribution in [-0.4, -0.2) is 91.8 Å². The second-order valence-corrected chi connectivity index (χ2v) is 11.8. The molecule has 3 atom stereocenters. The number of phenolic OH excluding ortho intramolecular Hbond substituents is 1. The van der Waals surface area contributed by atoms with Gasteiger partial charge in [-0.3, -0.25) is 39.5 Å². The molecule has 0 bridgehead atoms. The number of aromatic hydroxyl groups is 1. The largest absolute Gasteiger partial charge is 0.502 e. The molecule has 0 radical (unpaired) electrons. The van der Waals surface area contributed by atoms with Crippen LogP contribution in [0.1, 0.15) is 22.0 Å². The number of tetrazole rings is 1. The zero-order valence-corrected chi connectivity index (χ0v) is 24.9. The Kier molecular flexibility index (Phi) is 8.87. The van der Waals surface area contributed by atoms with Gasteiger partial charge in [-0.25, -0.2) is 9.48 Å². The molecule has 238 valence electrons. The van der Waals surface area contributed by atoms with E-state index < -0.39 is 73.7 Å². The van der Waals surface area contributed by atoms with E-state index >= 15 is 0 Å². The maximum Gasteiger partial charge on any atom is 0.352 e. The van der Waals surface area contributed by atoms with Crippen molar-refractivity contribution in [1.82, 2.24) is 35.7 Å². The summed E-state index contributed by atoms with van der Waals surface area (Å²) in [5.74, 6) is -4.97. The first kappa shape index (κ1) is 31.8. The maximum absolute atomic E-state index is 13.6. The van der Waals surface area contributed by atoms with Gasteiger partial charge in [0.2, 0.25) is 16.8 Å². The van der Waals surface area contributed by atoms with Gasteiger partial charge in [0.1, 0.15) is 23.2 Å². The van der Waals surface area contributed by atoms with E-state index in [1.807, 2.05) is 0 Å². The molecule has 1 saturated heterocycles. The Labute approximate surface area is 265 Å². The molecule has 3 amide bonds. The lowest BCUT2D eigenvalue weighted by atomic mass is 10.0. The highest BCUT2D eigenvalue weighted by Crippen LogP contribution is 2.42. The predicted octanol–water partition coefficient (Wildman–Crippen LogP) is 0.734. The number of benzene rings is 2. The van der Waals surface area contributed by atoms with Crippen LogP contribution in [0, 0.1) is 20.2 Å². The number of carboxylic acid groups (broad SMARTS) is 1. The summed E-state index contributed by atoms with van der Waals surface area (Å²) >= 11 is 2.40. The molecule has 0 spiro atoms. The number of carbonyl (C=O) groups is 4. The normalized spacial score (nSPS) is 17.8. The van der Waals surface area contributed by atoms with E-state index in [9.17, 15) is 49.6 Å². The molecule has 0 saturated carbocycles. The Morgan fingerprint density at radius 1 is 1.17 bits per heavy atom. The van der Waals surface area contributed by atoms with Crippen LogP contribution in [-0.2, 0) is 21.4 Å². The van der Waals surface area contributed by atoms with Gasteiger partial charge < -0.3 is 20.8 Å². The SMILES string of the molecule is Cn1nnnc1SCC1=C(C(=O)O)N2C(=O)C(NC(=O)[C@@H](NC(=O)c3cc([N+](=O)[O-])cc([N+](=O)[O-])c3O)c3ccccc3)[C@@H]2SC1. The molecule has 2 aromatic carbocycles. The van der Waals surface area contributed by atoms with Gasteiger partial charge in [-0.2, -0.15) is 0 Å². The minimum absolute atomic E-state index is 0.182. The van der Waals surface area contributed by atoms with Gasteiger partial charge in [-0.15, -0.1) is 16.9 Å². The molecule has 21 heteroatoms. The first-order chi connectivity index (χ1) is 21.9. The van der Waals surface area contributed by atoms with Gasteiger partial charge in [0.25, 0.3) is 17.5 Å². The topological polar surface area (TPSA) is 266 Å². The summed E-state index contributed by atoms with van der Waals surface area (Å²) in [6.45, 7) is 0. The zero-order chi connectivity index (χ0) is 33.3. The number of carbonyl (C=O) groups excluding carboxylic acids is 3. The Hall–Kier alpha value is -5.57. The molecule has 4 N–H and O–H groups in total. The van der Waals surface area contributed by atoms with E-state index in [1.54, 1.807) is 25.2 Å². The molecule has 2 aliphatic rings. The van der Waals surface area contributed by atoms with Crippen molar-refractivity contribution in [3.05, 3.63) is 85.1 Å². The number of aliphatic carboxylic acids is 1. The van der Waals surface area contributed by atoms with Crippen LogP contribution < -0.4 is 10.6 Å². The van der Waals surface area contributed by atoms with Crippen LogP contribution in [0.3, 0.4) is 0 Å². The number of nitro groups is 2. The monoisotopic (exact) mass is 671 g/mol. The smallest absolute Gasteiger partial charge is 0.352 e. The quantitative estimate of drug-likeness (QED) is 0.0947. The first-order valence-electron chi connectivity index (χ1n) is 13.0. The van der Waals surface area contributed by atoms with Crippen molar-refractivity contribution >= 4 is 58.6 Å². The van der Waals surface area contributed by atoms with Crippen molar-refractivity contribution in [3.8, 4) is 5.75 Å². The fraction of sp³-hybridized carbons (Fsp3) is 0.240. The number of rotatable bonds is 11. The Bertz CT molecular complexity index is 1820. The molecule has 5 rings (SSSR count). The summed E-state index contributed by atoms with van der Waals surface area (Å²) in [7, 11) is 1.62. The third-order valence-corrected chi connectivity index (χ3v) is 9.34. The molecule has 3 aromatic rings. The van der Waals surface area contributed by atoms with E-state index in [1.165, 1.54) is 40.3 Å². The van der Waals surface area contributed by atoms with Crippen LogP contribution in [0.5, 0.6) is 5.75 Å². The van der Waals surface area contributed by atoms with Crippen LogP contribution in [0.4, 0.5) is 11.4 Å². The number of carboxylic acids is 1. The zero-order valence-electron chi connectivity index (χ0n) is 23.3. The van der Waals surface area contributed by atoms with E-state index in [-0.39, 0.29) is 22.8 Å². The predicted molar refractivity (Wildman–Crippen MR) is 157 cm³/mol. The average Bonchev–Trinajstić information content (AvgIpc) is 3.44. The third-order valence-electron chi connectivity index (χ3n) is 6.90. The minimum Gasteiger partial charge on any atom is -0.502 e. The van der Waals surface area contributed by atoms with Gasteiger partial charge in [0, 0.05) is 24.6 Å². The second kappa shape index (κ2) is 12.8. The summed E-state index contributed by atoms with van der Waals surface area (Å²) in [5.41, 5.74) is -2.35. The van der Waals surface area contributed by atoms with Crippen LogP contribution in [0.2, 0.25) is 0 Å². The number of fused-ring (bicyclic) bond motifs is 1. The number of hydrogen-bond donors (Lipinski definition) is 4. The van der Waals surface area contributed by atoms with E-state index in [4.69, 9.17) is 0 Å². The van der Waals surface area contributed by atoms with Crippen molar-refractivity contribution in [2.75, 3.05) is 11.5 Å². The molecular weight excluding hydrogens is 650 g/mol. The van der Waals surface area contributed by atoms with Crippen LogP contribution in [0.25, 0.3) is 0 Å². The molecule has 19 nitrogen and oxygen atoms in total. The summed E-state index contributed by atoms with van der Waals surface area (Å²) in [4.78, 5) is 73.9. The number of nitrogens with one attached hydrogen (secondary N) is 2. The molecule has 1 aromatic heterocycles. The number of aryl methyl sites for hydroxylation is 1. The Balaban J connectivity index is 1.37.